The summed E-state index contributed by atoms with van der Waals surface area (Å²) in [6, 6.07) is 12.0. The third kappa shape index (κ3) is 5.76. The van der Waals surface area contributed by atoms with Gasteiger partial charge in [-0.3, -0.25) is 0 Å². The van der Waals surface area contributed by atoms with Gasteiger partial charge in [0, 0.05) is 19.1 Å². The van der Waals surface area contributed by atoms with E-state index in [1.165, 1.54) is 0 Å². The maximum Gasteiger partial charge on any atom is 0.336 e. The fraction of sp³-hybridized carbons (Fsp3) is 0.381. The van der Waals surface area contributed by atoms with E-state index in [1.807, 2.05) is 6.07 Å². The number of aliphatic carboxylic acids is 1. The van der Waals surface area contributed by atoms with Crippen molar-refractivity contribution < 1.29 is 29.2 Å². The number of benzene rings is 2. The second-order valence-corrected chi connectivity index (χ2v) is 7.74. The van der Waals surface area contributed by atoms with Crippen LogP contribution in [0.1, 0.15) is 18.4 Å². The second-order valence-electron chi connectivity index (χ2n) is 6.93. The molecule has 3 rings (SSSR count). The average molecular weight is 441 g/mol. The van der Waals surface area contributed by atoms with Crippen LogP contribution in [0.5, 0.6) is 11.5 Å². The van der Waals surface area contributed by atoms with Crippen molar-refractivity contribution in [1.29, 1.82) is 0 Å². The summed E-state index contributed by atoms with van der Waals surface area (Å²) in [5, 5.41) is 20.4. The predicted molar refractivity (Wildman–Crippen MR) is 109 cm³/mol. The van der Waals surface area contributed by atoms with Crippen LogP contribution in [0.2, 0.25) is 10.0 Å². The van der Waals surface area contributed by atoms with Crippen molar-refractivity contribution in [3.05, 3.63) is 58.1 Å². The van der Waals surface area contributed by atoms with Crippen LogP contribution in [-0.4, -0.2) is 47.7 Å². The van der Waals surface area contributed by atoms with Gasteiger partial charge in [0.15, 0.2) is 5.60 Å². The molecule has 2 aromatic carbocycles. The summed E-state index contributed by atoms with van der Waals surface area (Å²) in [5.74, 6) is 0.0850. The summed E-state index contributed by atoms with van der Waals surface area (Å²) < 4.78 is 16.6. The summed E-state index contributed by atoms with van der Waals surface area (Å²) in [4.78, 5) is 11.6. The molecule has 156 valence electrons. The van der Waals surface area contributed by atoms with E-state index >= 15 is 0 Å². The van der Waals surface area contributed by atoms with E-state index in [4.69, 9.17) is 37.4 Å². The zero-order chi connectivity index (χ0) is 20.9. The Hall–Kier alpha value is -1.99. The molecule has 1 fully saturated rings. The number of ether oxygens (including phenoxy) is 3. The SMILES string of the molecule is O=C(O)C1(Cc2cccc(OCC(O)COc3ccc(Cl)c(Cl)c3)c2)CCCO1. The number of hydrogen-bond donors (Lipinski definition) is 2. The van der Waals surface area contributed by atoms with Gasteiger partial charge in [-0.15, -0.1) is 0 Å². The largest absolute Gasteiger partial charge is 0.491 e. The third-order valence-corrected chi connectivity index (χ3v) is 5.40. The molecule has 0 spiro atoms. The Morgan fingerprint density at radius 3 is 2.45 bits per heavy atom. The van der Waals surface area contributed by atoms with Crippen LogP contribution < -0.4 is 9.47 Å². The van der Waals surface area contributed by atoms with Gasteiger partial charge in [0.1, 0.15) is 30.8 Å². The smallest absolute Gasteiger partial charge is 0.336 e. The van der Waals surface area contributed by atoms with E-state index in [0.717, 1.165) is 12.0 Å². The first kappa shape index (κ1) is 21.7. The lowest BCUT2D eigenvalue weighted by Crippen LogP contribution is -2.40. The maximum absolute atomic E-state index is 11.6. The number of carboxylic acids is 1. The molecule has 0 radical (unpaired) electrons. The first-order chi connectivity index (χ1) is 13.9. The number of aliphatic hydroxyl groups is 1. The van der Waals surface area contributed by atoms with Crippen LogP contribution >= 0.6 is 23.2 Å². The fourth-order valence-corrected chi connectivity index (χ4v) is 3.44. The molecule has 2 N–H and O–H groups in total. The zero-order valence-electron chi connectivity index (χ0n) is 15.6. The normalized spacial score (nSPS) is 19.7. The molecule has 2 atom stereocenters. The molecule has 0 aromatic heterocycles. The highest BCUT2D eigenvalue weighted by Gasteiger charge is 2.42. The summed E-state index contributed by atoms with van der Waals surface area (Å²) >= 11 is 11.8. The van der Waals surface area contributed by atoms with Crippen LogP contribution in [0.4, 0.5) is 0 Å². The Morgan fingerprint density at radius 1 is 1.10 bits per heavy atom. The quantitative estimate of drug-likeness (QED) is 0.612. The minimum absolute atomic E-state index is 0.0192. The topological polar surface area (TPSA) is 85.2 Å². The number of halogens is 2. The average Bonchev–Trinajstić information content (AvgIpc) is 3.17. The Labute approximate surface area is 178 Å². The summed E-state index contributed by atoms with van der Waals surface area (Å²) in [6.45, 7) is 0.493. The number of hydrogen-bond acceptors (Lipinski definition) is 5. The van der Waals surface area contributed by atoms with E-state index < -0.39 is 17.7 Å². The van der Waals surface area contributed by atoms with Gasteiger partial charge in [0.05, 0.1) is 10.0 Å². The monoisotopic (exact) mass is 440 g/mol. The molecule has 0 bridgehead atoms. The fourth-order valence-electron chi connectivity index (χ4n) is 3.16. The minimum atomic E-state index is -1.17. The highest BCUT2D eigenvalue weighted by atomic mass is 35.5. The number of carbonyl (C=O) groups is 1. The molecule has 0 saturated carbocycles. The van der Waals surface area contributed by atoms with Gasteiger partial charge in [-0.05, 0) is 42.7 Å². The Bertz CT molecular complexity index is 851. The Balaban J connectivity index is 1.52. The number of carboxylic acid groups (broad SMARTS) is 1. The molecule has 1 aliphatic rings. The van der Waals surface area contributed by atoms with Gasteiger partial charge in [0.2, 0.25) is 0 Å². The maximum atomic E-state index is 11.6. The van der Waals surface area contributed by atoms with Crippen LogP contribution in [0.15, 0.2) is 42.5 Å². The second kappa shape index (κ2) is 9.67. The van der Waals surface area contributed by atoms with Gasteiger partial charge in [-0.2, -0.15) is 0 Å². The molecular weight excluding hydrogens is 419 g/mol. The predicted octanol–water partition coefficient (Wildman–Crippen LogP) is 3.99. The van der Waals surface area contributed by atoms with Crippen LogP contribution in [0.25, 0.3) is 0 Å². The zero-order valence-corrected chi connectivity index (χ0v) is 17.2. The molecule has 0 amide bonds. The summed E-state index contributed by atoms with van der Waals surface area (Å²) in [7, 11) is 0. The van der Waals surface area contributed by atoms with Crippen LogP contribution in [-0.2, 0) is 16.0 Å². The first-order valence-electron chi connectivity index (χ1n) is 9.23. The van der Waals surface area contributed by atoms with Crippen molar-refractivity contribution in [1.82, 2.24) is 0 Å². The van der Waals surface area contributed by atoms with Gasteiger partial charge in [0.25, 0.3) is 0 Å². The van der Waals surface area contributed by atoms with Crippen molar-refractivity contribution in [2.75, 3.05) is 19.8 Å². The molecule has 1 aliphatic heterocycles. The van der Waals surface area contributed by atoms with Crippen molar-refractivity contribution in [3.63, 3.8) is 0 Å². The highest BCUT2D eigenvalue weighted by molar-refractivity contribution is 6.42. The first-order valence-corrected chi connectivity index (χ1v) is 9.98. The molecule has 1 heterocycles. The molecule has 8 heteroatoms. The lowest BCUT2D eigenvalue weighted by atomic mass is 9.91. The number of aliphatic hydroxyl groups excluding tert-OH is 1. The van der Waals surface area contributed by atoms with E-state index in [9.17, 15) is 15.0 Å². The van der Waals surface area contributed by atoms with E-state index in [-0.39, 0.29) is 19.6 Å². The lowest BCUT2D eigenvalue weighted by Gasteiger charge is -2.23. The van der Waals surface area contributed by atoms with Crippen molar-refractivity contribution in [2.24, 2.45) is 0 Å². The van der Waals surface area contributed by atoms with E-state index in [2.05, 4.69) is 0 Å². The molecule has 2 aromatic rings. The lowest BCUT2D eigenvalue weighted by molar-refractivity contribution is -0.159. The van der Waals surface area contributed by atoms with Crippen LogP contribution in [0, 0.1) is 0 Å². The van der Waals surface area contributed by atoms with Gasteiger partial charge in [-0.25, -0.2) is 4.79 Å². The number of rotatable bonds is 9. The summed E-state index contributed by atoms with van der Waals surface area (Å²) in [5.41, 5.74) is -0.375. The minimum Gasteiger partial charge on any atom is -0.491 e. The highest BCUT2D eigenvalue weighted by Crippen LogP contribution is 2.31. The van der Waals surface area contributed by atoms with Gasteiger partial charge in [-0.1, -0.05) is 35.3 Å². The molecule has 6 nitrogen and oxygen atoms in total. The van der Waals surface area contributed by atoms with Crippen molar-refractivity contribution in [3.8, 4) is 11.5 Å². The molecule has 2 unspecified atom stereocenters. The Kier molecular flexibility index (Phi) is 7.24. The van der Waals surface area contributed by atoms with E-state index in [0.29, 0.717) is 34.6 Å². The standard InChI is InChI=1S/C21H22Cl2O6/c22-18-6-5-17(10-19(18)23)28-13-15(24)12-27-16-4-1-3-14(9-16)11-21(20(25)26)7-2-8-29-21/h1,3-6,9-10,15,24H,2,7-8,11-13H2,(H,25,26). The summed E-state index contributed by atoms with van der Waals surface area (Å²) in [6.07, 6.45) is 0.616. The molecule has 0 aliphatic carbocycles. The van der Waals surface area contributed by atoms with Gasteiger partial charge < -0.3 is 24.4 Å². The molecule has 1 saturated heterocycles. The Morgan fingerprint density at radius 2 is 1.83 bits per heavy atom. The molecular formula is C21H22Cl2O6. The van der Waals surface area contributed by atoms with Crippen molar-refractivity contribution >= 4 is 29.2 Å². The third-order valence-electron chi connectivity index (χ3n) is 4.66. The van der Waals surface area contributed by atoms with E-state index in [1.54, 1.807) is 36.4 Å². The molecule has 29 heavy (non-hydrogen) atoms. The van der Waals surface area contributed by atoms with Crippen molar-refractivity contribution in [2.45, 2.75) is 31.0 Å². The van der Waals surface area contributed by atoms with Crippen LogP contribution in [0.3, 0.4) is 0 Å². The van der Waals surface area contributed by atoms with Gasteiger partial charge >= 0.3 is 5.97 Å².